The molecule has 1 aliphatic rings. The second-order valence-corrected chi connectivity index (χ2v) is 5.69. The minimum absolute atomic E-state index is 0.197. The van der Waals surface area contributed by atoms with Crippen LogP contribution in [0, 0.1) is 5.92 Å². The first kappa shape index (κ1) is 16.3. The summed E-state index contributed by atoms with van der Waals surface area (Å²) in [6.07, 6.45) is -4.21. The fourth-order valence-electron chi connectivity index (χ4n) is 2.63. The molecule has 3 nitrogen and oxygen atoms in total. The Labute approximate surface area is 112 Å². The van der Waals surface area contributed by atoms with Crippen molar-refractivity contribution < 1.29 is 18.0 Å². The number of amides is 1. The van der Waals surface area contributed by atoms with Crippen LogP contribution in [0.25, 0.3) is 0 Å². The maximum Gasteiger partial charge on any atom is 0.391 e. The molecule has 6 heteroatoms. The van der Waals surface area contributed by atoms with Crippen molar-refractivity contribution >= 4 is 5.91 Å². The van der Waals surface area contributed by atoms with E-state index in [-0.39, 0.29) is 18.1 Å². The number of nitrogens with zero attached hydrogens (tertiary/aromatic N) is 1. The Kier molecular flexibility index (Phi) is 5.24. The van der Waals surface area contributed by atoms with E-state index < -0.39 is 18.6 Å². The molecular formula is C13H23F3N2O. The van der Waals surface area contributed by atoms with E-state index in [1.165, 1.54) is 11.8 Å². The first-order valence-corrected chi connectivity index (χ1v) is 6.80. The summed E-state index contributed by atoms with van der Waals surface area (Å²) in [5.74, 6) is 0.133. The summed E-state index contributed by atoms with van der Waals surface area (Å²) in [7, 11) is 0. The molecular weight excluding hydrogens is 257 g/mol. The summed E-state index contributed by atoms with van der Waals surface area (Å²) in [5, 5.41) is 3.15. The maximum atomic E-state index is 12.5. The Balaban J connectivity index is 2.77. The average Bonchev–Trinajstić information content (AvgIpc) is 2.52. The van der Waals surface area contributed by atoms with Crippen molar-refractivity contribution in [2.45, 2.75) is 71.4 Å². The average molecular weight is 280 g/mol. The molecule has 1 rings (SSSR count). The standard InChI is InChI=1S/C13H23F3N2O/c1-5-11-17-10(6-8(2)3)12(19)18(11)9(4)7-13(14,15)16/h8-11,17H,5-7H2,1-4H3. The molecule has 19 heavy (non-hydrogen) atoms. The number of nitrogens with one attached hydrogen (secondary N) is 1. The molecule has 1 fully saturated rings. The predicted octanol–water partition coefficient (Wildman–Crippen LogP) is 2.91. The SMILES string of the molecule is CCC1NC(CC(C)C)C(=O)N1C(C)CC(F)(F)F. The minimum Gasteiger partial charge on any atom is -0.323 e. The summed E-state index contributed by atoms with van der Waals surface area (Å²) < 4.78 is 37.4. The van der Waals surface area contributed by atoms with Gasteiger partial charge in [-0.15, -0.1) is 0 Å². The van der Waals surface area contributed by atoms with E-state index in [0.29, 0.717) is 18.8 Å². The fourth-order valence-corrected chi connectivity index (χ4v) is 2.63. The normalized spacial score (nSPS) is 26.3. The molecule has 1 amide bonds. The zero-order chi connectivity index (χ0) is 14.8. The van der Waals surface area contributed by atoms with Crippen LogP contribution in [0.5, 0.6) is 0 Å². The summed E-state index contributed by atoms with van der Waals surface area (Å²) in [6, 6.07) is -1.16. The topological polar surface area (TPSA) is 32.3 Å². The summed E-state index contributed by atoms with van der Waals surface area (Å²) in [5.41, 5.74) is 0. The number of hydrogen-bond donors (Lipinski definition) is 1. The van der Waals surface area contributed by atoms with E-state index in [0.717, 1.165) is 0 Å². The largest absolute Gasteiger partial charge is 0.391 e. The molecule has 1 N–H and O–H groups in total. The van der Waals surface area contributed by atoms with Crippen LogP contribution in [0.1, 0.15) is 47.0 Å². The van der Waals surface area contributed by atoms with Gasteiger partial charge in [0.15, 0.2) is 0 Å². The van der Waals surface area contributed by atoms with Crippen LogP contribution in [0.15, 0.2) is 0 Å². The van der Waals surface area contributed by atoms with Crippen LogP contribution < -0.4 is 5.32 Å². The number of carbonyl (C=O) groups excluding carboxylic acids is 1. The Bertz CT molecular complexity index is 318. The molecule has 0 radical (unpaired) electrons. The lowest BCUT2D eigenvalue weighted by molar-refractivity contribution is -0.153. The van der Waals surface area contributed by atoms with E-state index in [1.54, 1.807) is 0 Å². The molecule has 0 aliphatic carbocycles. The van der Waals surface area contributed by atoms with E-state index in [1.807, 2.05) is 20.8 Å². The van der Waals surface area contributed by atoms with Gasteiger partial charge in [-0.25, -0.2) is 0 Å². The molecule has 0 aromatic carbocycles. The lowest BCUT2D eigenvalue weighted by atomic mass is 10.0. The third-order valence-corrected chi connectivity index (χ3v) is 3.38. The molecule has 0 aromatic heterocycles. The van der Waals surface area contributed by atoms with Crippen LogP contribution >= 0.6 is 0 Å². The lowest BCUT2D eigenvalue weighted by Gasteiger charge is -2.30. The van der Waals surface area contributed by atoms with Gasteiger partial charge in [-0.1, -0.05) is 20.8 Å². The molecule has 112 valence electrons. The van der Waals surface area contributed by atoms with Crippen molar-refractivity contribution in [1.82, 2.24) is 10.2 Å². The monoisotopic (exact) mass is 280 g/mol. The second kappa shape index (κ2) is 6.11. The van der Waals surface area contributed by atoms with Crippen LogP contribution in [-0.4, -0.2) is 35.2 Å². The van der Waals surface area contributed by atoms with Crippen LogP contribution in [0.4, 0.5) is 13.2 Å². The van der Waals surface area contributed by atoms with Gasteiger partial charge in [0.25, 0.3) is 0 Å². The number of carbonyl (C=O) groups is 1. The summed E-state index contributed by atoms with van der Waals surface area (Å²) in [4.78, 5) is 13.6. The van der Waals surface area contributed by atoms with Crippen molar-refractivity contribution in [3.63, 3.8) is 0 Å². The Morgan fingerprint density at radius 1 is 1.32 bits per heavy atom. The van der Waals surface area contributed by atoms with E-state index in [9.17, 15) is 18.0 Å². The van der Waals surface area contributed by atoms with Crippen molar-refractivity contribution in [1.29, 1.82) is 0 Å². The van der Waals surface area contributed by atoms with Gasteiger partial charge in [0.2, 0.25) is 5.91 Å². The summed E-state index contributed by atoms with van der Waals surface area (Å²) >= 11 is 0. The van der Waals surface area contributed by atoms with Gasteiger partial charge in [0, 0.05) is 6.04 Å². The highest BCUT2D eigenvalue weighted by atomic mass is 19.4. The molecule has 1 saturated heterocycles. The smallest absolute Gasteiger partial charge is 0.323 e. The molecule has 1 aliphatic heterocycles. The number of halogens is 3. The van der Waals surface area contributed by atoms with Crippen LogP contribution in [-0.2, 0) is 4.79 Å². The molecule has 0 bridgehead atoms. The van der Waals surface area contributed by atoms with E-state index >= 15 is 0 Å². The fraction of sp³-hybridized carbons (Fsp3) is 0.923. The molecule has 0 saturated carbocycles. The van der Waals surface area contributed by atoms with E-state index in [4.69, 9.17) is 0 Å². The van der Waals surface area contributed by atoms with Gasteiger partial charge >= 0.3 is 6.18 Å². The molecule has 0 spiro atoms. The van der Waals surface area contributed by atoms with Crippen molar-refractivity contribution in [2.24, 2.45) is 5.92 Å². The molecule has 0 aromatic rings. The van der Waals surface area contributed by atoms with Gasteiger partial charge < -0.3 is 4.90 Å². The zero-order valence-corrected chi connectivity index (χ0v) is 11.9. The predicted molar refractivity (Wildman–Crippen MR) is 67.4 cm³/mol. The van der Waals surface area contributed by atoms with Crippen molar-refractivity contribution in [3.8, 4) is 0 Å². The van der Waals surface area contributed by atoms with Gasteiger partial charge in [-0.05, 0) is 25.7 Å². The third-order valence-electron chi connectivity index (χ3n) is 3.38. The second-order valence-electron chi connectivity index (χ2n) is 5.69. The Morgan fingerprint density at radius 2 is 1.89 bits per heavy atom. The van der Waals surface area contributed by atoms with E-state index in [2.05, 4.69) is 5.32 Å². The Morgan fingerprint density at radius 3 is 2.32 bits per heavy atom. The van der Waals surface area contributed by atoms with Crippen LogP contribution in [0.3, 0.4) is 0 Å². The first-order chi connectivity index (χ1) is 8.65. The number of alkyl halides is 3. The molecule has 3 atom stereocenters. The van der Waals surface area contributed by atoms with Gasteiger partial charge in [-0.2, -0.15) is 13.2 Å². The minimum atomic E-state index is -4.24. The highest BCUT2D eigenvalue weighted by molar-refractivity contribution is 5.84. The zero-order valence-electron chi connectivity index (χ0n) is 11.9. The Hall–Kier alpha value is -0.780. The van der Waals surface area contributed by atoms with Gasteiger partial charge in [0.05, 0.1) is 18.6 Å². The third kappa shape index (κ3) is 4.37. The quantitative estimate of drug-likeness (QED) is 0.840. The van der Waals surface area contributed by atoms with Crippen molar-refractivity contribution in [2.75, 3.05) is 0 Å². The number of rotatable bonds is 5. The molecule has 3 unspecified atom stereocenters. The molecule has 1 heterocycles. The first-order valence-electron chi connectivity index (χ1n) is 6.80. The highest BCUT2D eigenvalue weighted by Crippen LogP contribution is 2.28. The summed E-state index contributed by atoms with van der Waals surface area (Å²) in [6.45, 7) is 7.33. The number of hydrogen-bond acceptors (Lipinski definition) is 2. The highest BCUT2D eigenvalue weighted by Gasteiger charge is 2.43. The van der Waals surface area contributed by atoms with Gasteiger partial charge in [0.1, 0.15) is 0 Å². The van der Waals surface area contributed by atoms with Crippen LogP contribution in [0.2, 0.25) is 0 Å². The van der Waals surface area contributed by atoms with Gasteiger partial charge in [-0.3, -0.25) is 10.1 Å². The van der Waals surface area contributed by atoms with Crippen molar-refractivity contribution in [3.05, 3.63) is 0 Å². The lowest BCUT2D eigenvalue weighted by Crippen LogP contribution is -2.44. The maximum absolute atomic E-state index is 12.5.